The molecule has 0 aromatic heterocycles. The topological polar surface area (TPSA) is 61.9 Å². The molecule has 2 aliphatic heterocycles. The van der Waals surface area contributed by atoms with Gasteiger partial charge in [0.1, 0.15) is 5.75 Å². The quantitative estimate of drug-likeness (QED) is 0.913. The van der Waals surface area contributed by atoms with E-state index < -0.39 is 0 Å². The van der Waals surface area contributed by atoms with Crippen LogP contribution in [-0.4, -0.2) is 61.1 Å². The first-order valence-electron chi connectivity index (χ1n) is 8.21. The molecule has 2 aliphatic rings. The molecule has 0 saturated carbocycles. The summed E-state index contributed by atoms with van der Waals surface area (Å²) in [5.41, 5.74) is 0. The molecule has 6 nitrogen and oxygen atoms in total. The summed E-state index contributed by atoms with van der Waals surface area (Å²) in [6.45, 7) is 4.85. The van der Waals surface area contributed by atoms with Crippen LogP contribution in [0.5, 0.6) is 5.75 Å². The summed E-state index contributed by atoms with van der Waals surface area (Å²) < 4.78 is 5.41. The molecule has 2 amide bonds. The molecule has 1 N–H and O–H groups in total. The predicted octanol–water partition coefficient (Wildman–Crippen LogP) is 1.33. The lowest BCUT2D eigenvalue weighted by atomic mass is 10.1. The number of ether oxygens (including phenoxy) is 1. The van der Waals surface area contributed by atoms with E-state index in [9.17, 15) is 9.59 Å². The van der Waals surface area contributed by atoms with Crippen LogP contribution in [0, 0.1) is 5.92 Å². The molecule has 1 aromatic carbocycles. The minimum absolute atomic E-state index is 0.151. The molecule has 1 aromatic rings. The van der Waals surface area contributed by atoms with Crippen molar-refractivity contribution < 1.29 is 14.3 Å². The highest BCUT2D eigenvalue weighted by Gasteiger charge is 2.26. The Labute approximate surface area is 136 Å². The van der Waals surface area contributed by atoms with Crippen LogP contribution in [-0.2, 0) is 4.79 Å². The first-order chi connectivity index (χ1) is 11.2. The maximum atomic E-state index is 12.2. The van der Waals surface area contributed by atoms with Crippen molar-refractivity contribution >= 4 is 12.0 Å². The Hall–Kier alpha value is -2.08. The summed E-state index contributed by atoms with van der Waals surface area (Å²) in [7, 11) is 0. The van der Waals surface area contributed by atoms with Crippen molar-refractivity contribution in [3.8, 4) is 5.75 Å². The van der Waals surface area contributed by atoms with Gasteiger partial charge in [0.15, 0.2) is 0 Å². The van der Waals surface area contributed by atoms with E-state index in [1.807, 2.05) is 18.2 Å². The molecule has 124 valence electrons. The van der Waals surface area contributed by atoms with Crippen LogP contribution in [0.15, 0.2) is 30.3 Å². The molecule has 0 bridgehead atoms. The number of amides is 2. The fourth-order valence-electron chi connectivity index (χ4n) is 3.15. The molecule has 0 aliphatic carbocycles. The Morgan fingerprint density at radius 3 is 2.74 bits per heavy atom. The van der Waals surface area contributed by atoms with Gasteiger partial charge in [0, 0.05) is 39.1 Å². The van der Waals surface area contributed by atoms with Crippen molar-refractivity contribution in [3.05, 3.63) is 30.3 Å². The van der Waals surface area contributed by atoms with Crippen molar-refractivity contribution in [1.82, 2.24) is 15.1 Å². The van der Waals surface area contributed by atoms with Gasteiger partial charge in [-0.3, -0.25) is 4.79 Å². The fraction of sp³-hybridized carbons (Fsp3) is 0.529. The van der Waals surface area contributed by atoms with E-state index in [4.69, 9.17) is 4.74 Å². The molecule has 0 spiro atoms. The maximum absolute atomic E-state index is 12.2. The summed E-state index contributed by atoms with van der Waals surface area (Å²) in [5.74, 6) is 1.12. The van der Waals surface area contributed by atoms with Gasteiger partial charge in [-0.15, -0.1) is 0 Å². The average Bonchev–Trinajstić information content (AvgIpc) is 2.82. The molecule has 0 radical (unpaired) electrons. The second-order valence-electron chi connectivity index (χ2n) is 6.20. The summed E-state index contributed by atoms with van der Waals surface area (Å²) in [6.07, 6.45) is 1.27. The first-order valence-corrected chi connectivity index (χ1v) is 8.21. The highest BCUT2D eigenvalue weighted by molar-refractivity contribution is 5.78. The number of para-hydroxylation sites is 1. The Morgan fingerprint density at radius 2 is 2.00 bits per heavy atom. The van der Waals surface area contributed by atoms with Crippen LogP contribution in [0.2, 0.25) is 0 Å². The number of hydrogen-bond acceptors (Lipinski definition) is 4. The van der Waals surface area contributed by atoms with Crippen molar-refractivity contribution in [2.75, 3.05) is 39.3 Å². The number of rotatable bonds is 3. The van der Waals surface area contributed by atoms with Crippen LogP contribution in [0.25, 0.3) is 0 Å². The van der Waals surface area contributed by atoms with Gasteiger partial charge in [0.25, 0.3) is 0 Å². The smallest absolute Gasteiger partial charge is 0.410 e. The third-order valence-corrected chi connectivity index (χ3v) is 4.37. The van der Waals surface area contributed by atoms with Gasteiger partial charge in [-0.1, -0.05) is 18.2 Å². The Balaban J connectivity index is 1.48. The second-order valence-corrected chi connectivity index (χ2v) is 6.20. The SMILES string of the molecule is O=C1CC(CN2CCCN(C(=O)Oc3ccccc3)CC2)CN1. The molecule has 2 fully saturated rings. The molecule has 3 rings (SSSR count). The monoisotopic (exact) mass is 317 g/mol. The molecule has 6 heteroatoms. The van der Waals surface area contributed by atoms with Gasteiger partial charge >= 0.3 is 6.09 Å². The zero-order valence-corrected chi connectivity index (χ0v) is 13.2. The summed E-state index contributed by atoms with van der Waals surface area (Å²) in [5, 5.41) is 2.88. The zero-order valence-electron chi connectivity index (χ0n) is 13.2. The van der Waals surface area contributed by atoms with Crippen LogP contribution in [0.3, 0.4) is 0 Å². The Bertz CT molecular complexity index is 549. The van der Waals surface area contributed by atoms with E-state index >= 15 is 0 Å². The number of carbonyl (C=O) groups excluding carboxylic acids is 2. The van der Waals surface area contributed by atoms with Gasteiger partial charge in [-0.25, -0.2) is 4.79 Å². The van der Waals surface area contributed by atoms with E-state index in [0.29, 0.717) is 31.2 Å². The molecule has 1 unspecified atom stereocenters. The van der Waals surface area contributed by atoms with Gasteiger partial charge in [-0.2, -0.15) is 0 Å². The van der Waals surface area contributed by atoms with Crippen molar-refractivity contribution in [2.45, 2.75) is 12.8 Å². The van der Waals surface area contributed by atoms with E-state index in [1.165, 1.54) is 0 Å². The van der Waals surface area contributed by atoms with Gasteiger partial charge < -0.3 is 19.9 Å². The van der Waals surface area contributed by atoms with Crippen molar-refractivity contribution in [1.29, 1.82) is 0 Å². The van der Waals surface area contributed by atoms with E-state index in [-0.39, 0.29) is 12.0 Å². The summed E-state index contributed by atoms with van der Waals surface area (Å²) >= 11 is 0. The highest BCUT2D eigenvalue weighted by atomic mass is 16.6. The predicted molar refractivity (Wildman–Crippen MR) is 86.2 cm³/mol. The largest absolute Gasteiger partial charge is 0.415 e. The average molecular weight is 317 g/mol. The molecule has 1 atom stereocenters. The standard InChI is InChI=1S/C17H23N3O3/c21-16-11-14(12-18-16)13-19-7-4-8-20(10-9-19)17(22)23-15-5-2-1-3-6-15/h1-3,5-6,14H,4,7-13H2,(H,18,21). The van der Waals surface area contributed by atoms with Crippen molar-refractivity contribution in [3.63, 3.8) is 0 Å². The third kappa shape index (κ3) is 4.45. The van der Waals surface area contributed by atoms with Crippen LogP contribution >= 0.6 is 0 Å². The van der Waals surface area contributed by atoms with E-state index in [1.54, 1.807) is 17.0 Å². The number of nitrogens with zero attached hydrogens (tertiary/aromatic N) is 2. The van der Waals surface area contributed by atoms with Crippen LogP contribution in [0.1, 0.15) is 12.8 Å². The van der Waals surface area contributed by atoms with E-state index in [2.05, 4.69) is 10.2 Å². The fourth-order valence-corrected chi connectivity index (χ4v) is 3.15. The van der Waals surface area contributed by atoms with Crippen LogP contribution < -0.4 is 10.1 Å². The number of hydrogen-bond donors (Lipinski definition) is 1. The number of carbonyl (C=O) groups is 2. The van der Waals surface area contributed by atoms with E-state index in [0.717, 1.165) is 32.6 Å². The minimum Gasteiger partial charge on any atom is -0.410 e. The zero-order chi connectivity index (χ0) is 16.1. The number of benzene rings is 1. The van der Waals surface area contributed by atoms with Gasteiger partial charge in [-0.05, 0) is 31.0 Å². The molecule has 2 saturated heterocycles. The third-order valence-electron chi connectivity index (χ3n) is 4.37. The molecule has 2 heterocycles. The van der Waals surface area contributed by atoms with Crippen molar-refractivity contribution in [2.24, 2.45) is 5.92 Å². The normalized spacial score (nSPS) is 22.5. The number of nitrogens with one attached hydrogen (secondary N) is 1. The molecule has 23 heavy (non-hydrogen) atoms. The maximum Gasteiger partial charge on any atom is 0.415 e. The molecular formula is C17H23N3O3. The lowest BCUT2D eigenvalue weighted by molar-refractivity contribution is -0.119. The van der Waals surface area contributed by atoms with Crippen LogP contribution in [0.4, 0.5) is 4.79 Å². The minimum atomic E-state index is -0.282. The summed E-state index contributed by atoms with van der Waals surface area (Å²) in [6, 6.07) is 9.16. The molecular weight excluding hydrogens is 294 g/mol. The van der Waals surface area contributed by atoms with Gasteiger partial charge in [0.05, 0.1) is 0 Å². The second kappa shape index (κ2) is 7.46. The van der Waals surface area contributed by atoms with Gasteiger partial charge in [0.2, 0.25) is 5.91 Å². The Kier molecular flexibility index (Phi) is 5.12. The summed E-state index contributed by atoms with van der Waals surface area (Å²) in [4.78, 5) is 27.6. The highest BCUT2D eigenvalue weighted by Crippen LogP contribution is 2.14. The lowest BCUT2D eigenvalue weighted by Gasteiger charge is -2.23. The first kappa shape index (κ1) is 15.8. The lowest BCUT2D eigenvalue weighted by Crippen LogP contribution is -2.38. The Morgan fingerprint density at radius 1 is 1.17 bits per heavy atom.